The van der Waals surface area contributed by atoms with Gasteiger partial charge in [0.25, 0.3) is 0 Å². The SMILES string of the molecule is COC(=O)CN(CCN(C)C(=O)OC(C)(C)C)[C@H]1CC[C@@H](CN(C)c2ncc(N3C(=O)Cc4cc(OC)c(OC(C)C)cc4C3c3ccc(Cl)cc3)cc2F)CC1. The monoisotopic (exact) mass is 809 g/mol. The average Bonchev–Trinajstić information content (AvgIpc) is 3.15. The van der Waals surface area contributed by atoms with Crippen molar-refractivity contribution in [2.75, 3.05) is 64.3 Å². The van der Waals surface area contributed by atoms with Gasteiger partial charge in [0.05, 0.1) is 51.2 Å². The molecular weight excluding hydrogens is 753 g/mol. The van der Waals surface area contributed by atoms with Gasteiger partial charge in [0.15, 0.2) is 23.1 Å². The van der Waals surface area contributed by atoms with E-state index >= 15 is 4.39 Å². The number of benzene rings is 2. The smallest absolute Gasteiger partial charge is 0.410 e. The number of fused-ring (bicyclic) bond motifs is 1. The molecule has 5 rings (SSSR count). The van der Waals surface area contributed by atoms with Crippen LogP contribution in [0.1, 0.15) is 83.0 Å². The molecule has 0 saturated heterocycles. The van der Waals surface area contributed by atoms with Gasteiger partial charge in [0, 0.05) is 50.9 Å². The van der Waals surface area contributed by atoms with Crippen LogP contribution in [0, 0.1) is 11.7 Å². The summed E-state index contributed by atoms with van der Waals surface area (Å²) in [7, 11) is 6.46. The quantitative estimate of drug-likeness (QED) is 0.150. The van der Waals surface area contributed by atoms with E-state index in [9.17, 15) is 14.4 Å². The summed E-state index contributed by atoms with van der Waals surface area (Å²) in [5.41, 5.74) is 2.17. The molecule has 0 spiro atoms. The first kappa shape index (κ1) is 43.5. The Bertz CT molecular complexity index is 1880. The van der Waals surface area contributed by atoms with Gasteiger partial charge in [-0.1, -0.05) is 23.7 Å². The zero-order chi connectivity index (χ0) is 41.6. The molecule has 2 amide bonds. The highest BCUT2D eigenvalue weighted by molar-refractivity contribution is 6.30. The Morgan fingerprint density at radius 2 is 1.68 bits per heavy atom. The fourth-order valence-electron chi connectivity index (χ4n) is 7.66. The van der Waals surface area contributed by atoms with Crippen LogP contribution in [0.15, 0.2) is 48.7 Å². The number of hydrogen-bond donors (Lipinski definition) is 0. The van der Waals surface area contributed by atoms with Gasteiger partial charge in [-0.2, -0.15) is 0 Å². The van der Waals surface area contributed by atoms with Crippen molar-refractivity contribution in [3.8, 4) is 11.5 Å². The third kappa shape index (κ3) is 11.1. The topological polar surface area (TPSA) is 114 Å². The van der Waals surface area contributed by atoms with Gasteiger partial charge in [0.2, 0.25) is 5.91 Å². The van der Waals surface area contributed by atoms with Gasteiger partial charge in [-0.3, -0.25) is 19.4 Å². The molecule has 1 aromatic heterocycles. The maximum Gasteiger partial charge on any atom is 0.410 e. The predicted octanol–water partition coefficient (Wildman–Crippen LogP) is 7.69. The van der Waals surface area contributed by atoms with E-state index in [4.69, 9.17) is 30.5 Å². The van der Waals surface area contributed by atoms with Crippen molar-refractivity contribution in [1.29, 1.82) is 0 Å². The zero-order valence-corrected chi connectivity index (χ0v) is 35.4. The molecule has 1 saturated carbocycles. The molecule has 3 aromatic rings. The minimum absolute atomic E-state index is 0.0845. The fraction of sp³-hybridized carbons (Fsp3) is 0.535. The van der Waals surface area contributed by atoms with E-state index in [1.165, 1.54) is 18.1 Å². The Morgan fingerprint density at radius 3 is 2.28 bits per heavy atom. The molecule has 2 aliphatic rings. The van der Waals surface area contributed by atoms with Crippen LogP contribution < -0.4 is 19.3 Å². The summed E-state index contributed by atoms with van der Waals surface area (Å²) in [4.78, 5) is 50.5. The summed E-state index contributed by atoms with van der Waals surface area (Å²) in [6.45, 7) is 10.9. The Labute approximate surface area is 341 Å². The summed E-state index contributed by atoms with van der Waals surface area (Å²) < 4.78 is 38.4. The number of anilines is 2. The first-order valence-electron chi connectivity index (χ1n) is 19.5. The molecule has 1 unspecified atom stereocenters. The molecule has 0 radical (unpaired) electrons. The number of halogens is 2. The van der Waals surface area contributed by atoms with Crippen LogP contribution >= 0.6 is 11.6 Å². The molecule has 2 aromatic carbocycles. The lowest BCUT2D eigenvalue weighted by atomic mass is 9.85. The number of pyridine rings is 1. The Hall–Kier alpha value is -4.62. The Morgan fingerprint density at radius 1 is 1.00 bits per heavy atom. The van der Waals surface area contributed by atoms with Crippen LogP contribution in [-0.2, 0) is 25.5 Å². The third-order valence-corrected chi connectivity index (χ3v) is 10.7. The van der Waals surface area contributed by atoms with Gasteiger partial charge in [-0.15, -0.1) is 0 Å². The number of amides is 2. The molecule has 1 fully saturated rings. The zero-order valence-electron chi connectivity index (χ0n) is 34.6. The number of esters is 1. The van der Waals surface area contributed by atoms with Crippen molar-refractivity contribution in [3.63, 3.8) is 0 Å². The lowest BCUT2D eigenvalue weighted by Gasteiger charge is -2.38. The average molecular weight is 810 g/mol. The van der Waals surface area contributed by atoms with Crippen LogP contribution in [-0.4, -0.2) is 105 Å². The number of ether oxygens (including phenoxy) is 4. The van der Waals surface area contributed by atoms with Crippen molar-refractivity contribution in [1.82, 2.24) is 14.8 Å². The minimum Gasteiger partial charge on any atom is -0.493 e. The van der Waals surface area contributed by atoms with E-state index in [1.54, 1.807) is 37.4 Å². The van der Waals surface area contributed by atoms with Crippen LogP contribution in [0.5, 0.6) is 11.5 Å². The van der Waals surface area contributed by atoms with E-state index in [0.717, 1.165) is 42.4 Å². The standard InChI is InChI=1S/C43H57ClFN5O7/c1-27(2)56-37-23-34-30(20-36(37)54-8)21-38(51)50(40(34)29-12-14-31(44)15-13-29)33-22-35(45)41(46-24-33)48(7)25-28-10-16-32(17-11-28)49(26-39(52)55-9)19-18-47(6)42(53)57-43(3,4)5/h12-15,20,22-24,27-28,32,40H,10-11,16-19,21,25-26H2,1-9H3/t28-,32+,40?. The molecule has 1 aliphatic carbocycles. The maximum absolute atomic E-state index is 16.2. The van der Waals surface area contributed by atoms with Crippen molar-refractivity contribution < 1.29 is 37.7 Å². The van der Waals surface area contributed by atoms with Gasteiger partial charge in [-0.05, 0) is 107 Å². The van der Waals surface area contributed by atoms with Gasteiger partial charge in [0.1, 0.15) is 5.60 Å². The van der Waals surface area contributed by atoms with E-state index in [1.807, 2.05) is 70.8 Å². The van der Waals surface area contributed by atoms with Crippen LogP contribution in [0.25, 0.3) is 0 Å². The van der Waals surface area contributed by atoms with Gasteiger partial charge >= 0.3 is 12.1 Å². The second kappa shape index (κ2) is 18.8. The fourth-order valence-corrected chi connectivity index (χ4v) is 7.79. The summed E-state index contributed by atoms with van der Waals surface area (Å²) in [5.74, 6) is 0.481. The Balaban J connectivity index is 1.30. The lowest BCUT2D eigenvalue weighted by Crippen LogP contribution is -2.46. The molecular formula is C43H57ClFN5O7. The van der Waals surface area contributed by atoms with Crippen molar-refractivity contribution in [2.24, 2.45) is 5.92 Å². The molecule has 310 valence electrons. The molecule has 57 heavy (non-hydrogen) atoms. The van der Waals surface area contributed by atoms with Crippen molar-refractivity contribution >= 4 is 41.1 Å². The molecule has 14 heteroatoms. The molecule has 1 aliphatic heterocycles. The molecule has 0 N–H and O–H groups in total. The minimum atomic E-state index is -0.604. The summed E-state index contributed by atoms with van der Waals surface area (Å²) in [6.07, 6.45) is 4.52. The lowest BCUT2D eigenvalue weighted by molar-refractivity contribution is -0.142. The second-order valence-corrected chi connectivity index (χ2v) is 16.7. The number of carbonyl (C=O) groups excluding carboxylic acids is 3. The highest BCUT2D eigenvalue weighted by atomic mass is 35.5. The van der Waals surface area contributed by atoms with E-state index < -0.39 is 23.6 Å². The molecule has 12 nitrogen and oxygen atoms in total. The predicted molar refractivity (Wildman–Crippen MR) is 219 cm³/mol. The van der Waals surface area contributed by atoms with Crippen LogP contribution in [0.2, 0.25) is 5.02 Å². The first-order valence-corrected chi connectivity index (χ1v) is 19.9. The number of rotatable bonds is 14. The number of methoxy groups -OCH3 is 2. The highest BCUT2D eigenvalue weighted by Crippen LogP contribution is 2.44. The van der Waals surface area contributed by atoms with E-state index in [2.05, 4.69) is 9.88 Å². The number of nitrogens with zero attached hydrogens (tertiary/aromatic N) is 5. The Kier molecular flexibility index (Phi) is 14.3. The first-order chi connectivity index (χ1) is 27.0. The van der Waals surface area contributed by atoms with Gasteiger partial charge < -0.3 is 28.7 Å². The molecule has 0 bridgehead atoms. The van der Waals surface area contributed by atoms with E-state index in [0.29, 0.717) is 41.8 Å². The van der Waals surface area contributed by atoms with Crippen molar-refractivity contribution in [2.45, 2.75) is 90.5 Å². The largest absolute Gasteiger partial charge is 0.493 e. The maximum atomic E-state index is 16.2. The van der Waals surface area contributed by atoms with Crippen LogP contribution in [0.4, 0.5) is 20.7 Å². The normalized spacial score (nSPS) is 18.3. The molecule has 1 atom stereocenters. The van der Waals surface area contributed by atoms with E-state index in [-0.39, 0.29) is 48.7 Å². The third-order valence-electron chi connectivity index (χ3n) is 10.4. The molecule has 2 heterocycles. The summed E-state index contributed by atoms with van der Waals surface area (Å²) in [5, 5.41) is 0.557. The number of carbonyl (C=O) groups is 3. The summed E-state index contributed by atoms with van der Waals surface area (Å²) in [6, 6.07) is 11.9. The summed E-state index contributed by atoms with van der Waals surface area (Å²) >= 11 is 6.27. The van der Waals surface area contributed by atoms with Gasteiger partial charge in [-0.25, -0.2) is 14.2 Å². The van der Waals surface area contributed by atoms with Crippen LogP contribution in [0.3, 0.4) is 0 Å². The number of hydrogen-bond acceptors (Lipinski definition) is 10. The van der Waals surface area contributed by atoms with Crippen molar-refractivity contribution in [3.05, 3.63) is 76.2 Å². The highest BCUT2D eigenvalue weighted by Gasteiger charge is 2.37. The number of likely N-dealkylation sites (N-methyl/N-ethyl adjacent to an activating group) is 1. The second-order valence-electron chi connectivity index (χ2n) is 16.3. The number of aromatic nitrogens is 1.